The zero-order chi connectivity index (χ0) is 28.0. The molecular weight excluding hydrogens is 522 g/mol. The average Bonchev–Trinajstić information content (AvgIpc) is 3.66. The smallest absolute Gasteiger partial charge is 0.314 e. The summed E-state index contributed by atoms with van der Waals surface area (Å²) in [5, 5.41) is 1.18. The molecule has 40 heavy (non-hydrogen) atoms. The maximum absolute atomic E-state index is 13.3. The first-order valence-electron chi connectivity index (χ1n) is 14.1. The number of hydrogen-bond acceptors (Lipinski definition) is 6. The van der Waals surface area contributed by atoms with E-state index < -0.39 is 5.41 Å². The Morgan fingerprint density at radius 1 is 1.18 bits per heavy atom. The fourth-order valence-corrected chi connectivity index (χ4v) is 7.55. The number of methoxy groups -OCH3 is 2. The molecule has 2 saturated carbocycles. The van der Waals surface area contributed by atoms with Gasteiger partial charge in [-0.25, -0.2) is 4.31 Å². The van der Waals surface area contributed by atoms with Crippen LogP contribution in [0, 0.1) is 5.41 Å². The first kappa shape index (κ1) is 27.0. The quantitative estimate of drug-likeness (QED) is 0.195. The summed E-state index contributed by atoms with van der Waals surface area (Å²) >= 11 is 1.26. The van der Waals surface area contributed by atoms with Gasteiger partial charge < -0.3 is 14.0 Å². The zero-order valence-corrected chi connectivity index (χ0v) is 24.3. The molecule has 2 fully saturated rings. The number of amides is 1. The van der Waals surface area contributed by atoms with Crippen molar-refractivity contribution in [2.24, 2.45) is 5.41 Å². The van der Waals surface area contributed by atoms with Crippen molar-refractivity contribution in [3.63, 3.8) is 0 Å². The largest absolute Gasteiger partial charge is 0.497 e. The number of likely N-dealkylation sites (N-methyl/N-ethyl adjacent to an activating group) is 1. The van der Waals surface area contributed by atoms with Crippen LogP contribution >= 0.6 is 12.1 Å². The van der Waals surface area contributed by atoms with Crippen molar-refractivity contribution in [1.29, 1.82) is 0 Å². The number of esters is 1. The molecule has 1 amide bonds. The Balaban J connectivity index is 1.54. The van der Waals surface area contributed by atoms with Crippen molar-refractivity contribution < 1.29 is 19.1 Å². The van der Waals surface area contributed by atoms with Gasteiger partial charge in [0.2, 0.25) is 0 Å². The van der Waals surface area contributed by atoms with E-state index in [1.807, 2.05) is 29.6 Å². The molecule has 8 heteroatoms. The van der Waals surface area contributed by atoms with Gasteiger partial charge >= 0.3 is 5.97 Å². The number of ether oxygens (including phenoxy) is 2. The SMILES string of the molecule is C=CCN(C)SNC(=O)c1ccc2c(C3CCCCC3)c3n(c2c1)CC1(C(=O)OC)CC1c1cc(OC)ccc1-3. The molecule has 210 valence electrons. The van der Waals surface area contributed by atoms with E-state index in [1.165, 1.54) is 60.7 Å². The third-order valence-corrected chi connectivity index (χ3v) is 9.79. The number of aromatic nitrogens is 1. The second kappa shape index (κ2) is 10.6. The van der Waals surface area contributed by atoms with Crippen LogP contribution < -0.4 is 9.46 Å². The first-order chi connectivity index (χ1) is 19.4. The molecule has 2 heterocycles. The lowest BCUT2D eigenvalue weighted by Gasteiger charge is -2.24. The molecule has 6 rings (SSSR count). The first-order valence-corrected chi connectivity index (χ1v) is 14.9. The Morgan fingerprint density at radius 3 is 2.70 bits per heavy atom. The highest BCUT2D eigenvalue weighted by Crippen LogP contribution is 2.66. The van der Waals surface area contributed by atoms with E-state index in [4.69, 9.17) is 9.47 Å². The van der Waals surface area contributed by atoms with Gasteiger partial charge in [0.15, 0.2) is 0 Å². The zero-order valence-electron chi connectivity index (χ0n) is 23.5. The van der Waals surface area contributed by atoms with E-state index in [0.29, 0.717) is 24.6 Å². The Morgan fingerprint density at radius 2 is 1.98 bits per heavy atom. The highest BCUT2D eigenvalue weighted by molar-refractivity contribution is 7.95. The standard InChI is InChI=1S/C32H37N3O4S/c1-5-15-34(2)40-33-30(36)21-11-13-24-27(16-21)35-19-32(31(37)39-4)18-26(32)25-17-22(38-3)12-14-23(25)29(35)28(24)20-9-7-6-8-10-20/h5,11-14,16-17,20,26H,1,6-10,15,18-19H2,2-4H3,(H,33,36). The third kappa shape index (κ3) is 4.41. The summed E-state index contributed by atoms with van der Waals surface area (Å²) in [6, 6.07) is 12.4. The van der Waals surface area contributed by atoms with Crippen LogP contribution in [0.1, 0.15) is 71.8 Å². The Hall–Kier alpha value is -3.23. The lowest BCUT2D eigenvalue weighted by Crippen LogP contribution is -2.25. The van der Waals surface area contributed by atoms with Crippen LogP contribution in [0.5, 0.6) is 5.75 Å². The van der Waals surface area contributed by atoms with Crippen LogP contribution in [0.4, 0.5) is 0 Å². The second-order valence-corrected chi connectivity index (χ2v) is 12.4. The number of fused-ring (bicyclic) bond motifs is 7. The number of hydrogen-bond donors (Lipinski definition) is 1. The van der Waals surface area contributed by atoms with Gasteiger partial charge in [-0.05, 0) is 73.7 Å². The second-order valence-electron chi connectivity index (χ2n) is 11.4. The molecule has 1 N–H and O–H groups in total. The molecule has 3 aromatic rings. The third-order valence-electron chi connectivity index (χ3n) is 9.06. The van der Waals surface area contributed by atoms with Gasteiger partial charge in [-0.2, -0.15) is 0 Å². The monoisotopic (exact) mass is 559 g/mol. The van der Waals surface area contributed by atoms with Crippen molar-refractivity contribution >= 4 is 34.9 Å². The molecule has 2 atom stereocenters. The Labute approximate surface area is 240 Å². The van der Waals surface area contributed by atoms with Gasteiger partial charge in [0, 0.05) is 53.2 Å². The molecule has 7 nitrogen and oxygen atoms in total. The minimum atomic E-state index is -0.627. The topological polar surface area (TPSA) is 72.8 Å². The van der Waals surface area contributed by atoms with E-state index >= 15 is 0 Å². The van der Waals surface area contributed by atoms with Crippen LogP contribution in [0.3, 0.4) is 0 Å². The Kier molecular flexibility index (Phi) is 7.17. The van der Waals surface area contributed by atoms with Gasteiger partial charge in [0.05, 0.1) is 25.3 Å². The van der Waals surface area contributed by atoms with Crippen molar-refractivity contribution in [2.75, 3.05) is 27.8 Å². The summed E-state index contributed by atoms with van der Waals surface area (Å²) in [5.74, 6) is 0.987. The average molecular weight is 560 g/mol. The van der Waals surface area contributed by atoms with Crippen molar-refractivity contribution in [3.8, 4) is 17.0 Å². The van der Waals surface area contributed by atoms with Crippen LogP contribution in [-0.4, -0.2) is 48.6 Å². The predicted octanol–water partition coefficient (Wildman–Crippen LogP) is 6.44. The maximum Gasteiger partial charge on any atom is 0.314 e. The molecule has 2 unspecified atom stereocenters. The van der Waals surface area contributed by atoms with E-state index in [2.05, 4.69) is 34.1 Å². The lowest BCUT2D eigenvalue weighted by atomic mass is 9.81. The van der Waals surface area contributed by atoms with Crippen LogP contribution in [0.2, 0.25) is 0 Å². The summed E-state index contributed by atoms with van der Waals surface area (Å²) in [4.78, 5) is 26.6. The van der Waals surface area contributed by atoms with E-state index in [-0.39, 0.29) is 17.8 Å². The van der Waals surface area contributed by atoms with Gasteiger partial charge in [-0.3, -0.25) is 14.3 Å². The van der Waals surface area contributed by atoms with Gasteiger partial charge in [-0.15, -0.1) is 6.58 Å². The normalized spacial score (nSPS) is 21.6. The fraction of sp³-hybridized carbons (Fsp3) is 0.438. The highest BCUT2D eigenvalue weighted by atomic mass is 32.2. The summed E-state index contributed by atoms with van der Waals surface area (Å²) in [6.07, 6.45) is 8.55. The van der Waals surface area contributed by atoms with E-state index in [1.54, 1.807) is 13.2 Å². The van der Waals surface area contributed by atoms with Crippen LogP contribution in [0.15, 0.2) is 49.1 Å². The highest BCUT2D eigenvalue weighted by Gasteiger charge is 2.63. The summed E-state index contributed by atoms with van der Waals surface area (Å²) in [5.41, 5.74) is 5.84. The molecule has 0 spiro atoms. The molecule has 2 aromatic carbocycles. The number of carbonyl (C=O) groups is 2. The summed E-state index contributed by atoms with van der Waals surface area (Å²) < 4.78 is 18.2. The van der Waals surface area contributed by atoms with E-state index in [0.717, 1.165) is 36.1 Å². The molecular formula is C32H37N3O4S. The van der Waals surface area contributed by atoms with Gasteiger partial charge in [0.25, 0.3) is 5.91 Å². The van der Waals surface area contributed by atoms with Crippen LogP contribution in [0.25, 0.3) is 22.2 Å². The van der Waals surface area contributed by atoms with Gasteiger partial charge in [0.1, 0.15) is 5.75 Å². The number of nitrogens with one attached hydrogen (secondary N) is 1. The number of rotatable bonds is 8. The minimum Gasteiger partial charge on any atom is -0.497 e. The predicted molar refractivity (Wildman–Crippen MR) is 159 cm³/mol. The minimum absolute atomic E-state index is 0.0717. The van der Waals surface area contributed by atoms with Gasteiger partial charge in [-0.1, -0.05) is 31.4 Å². The molecule has 1 aliphatic heterocycles. The molecule has 2 aliphatic carbocycles. The van der Waals surface area contributed by atoms with Crippen molar-refractivity contribution in [3.05, 3.63) is 65.7 Å². The molecule has 3 aliphatic rings. The lowest BCUT2D eigenvalue weighted by molar-refractivity contribution is -0.147. The molecule has 0 saturated heterocycles. The summed E-state index contributed by atoms with van der Waals surface area (Å²) in [6.45, 7) is 4.94. The van der Waals surface area contributed by atoms with Crippen molar-refractivity contribution in [1.82, 2.24) is 13.6 Å². The Bertz CT molecular complexity index is 1490. The van der Waals surface area contributed by atoms with Crippen LogP contribution in [-0.2, 0) is 16.1 Å². The number of benzene rings is 2. The number of nitrogens with zero attached hydrogens (tertiary/aromatic N) is 2. The molecule has 0 radical (unpaired) electrons. The summed E-state index contributed by atoms with van der Waals surface area (Å²) in [7, 11) is 5.07. The molecule has 1 aromatic heterocycles. The number of carbonyl (C=O) groups excluding carboxylic acids is 2. The molecule has 0 bridgehead atoms. The van der Waals surface area contributed by atoms with Crippen molar-refractivity contribution in [2.45, 2.75) is 56.9 Å². The van der Waals surface area contributed by atoms with E-state index in [9.17, 15) is 9.59 Å². The maximum atomic E-state index is 13.3. The fourth-order valence-electron chi connectivity index (χ4n) is 7.01.